The molecule has 11 heteroatoms. The second kappa shape index (κ2) is 14.3. The molecular weight excluding hydrogens is 568 g/mol. The lowest BCUT2D eigenvalue weighted by atomic mass is 9.91. The maximum absolute atomic E-state index is 13.8. The number of benzene rings is 3. The molecule has 0 unspecified atom stereocenters. The van der Waals surface area contributed by atoms with Gasteiger partial charge in [-0.2, -0.15) is 0 Å². The normalized spacial score (nSPS) is 18.7. The van der Waals surface area contributed by atoms with Crippen molar-refractivity contribution in [2.24, 2.45) is 5.73 Å². The second-order valence-corrected chi connectivity index (χ2v) is 11.3. The van der Waals surface area contributed by atoms with E-state index in [1.54, 1.807) is 23.1 Å². The topological polar surface area (TPSA) is 117 Å². The van der Waals surface area contributed by atoms with Crippen molar-refractivity contribution in [2.45, 2.75) is 50.8 Å². The number of nitrogens with zero attached hydrogens (tertiary/aromatic N) is 2. The second-order valence-electron chi connectivity index (χ2n) is 11.3. The minimum atomic E-state index is -0.809. The van der Waals surface area contributed by atoms with Crippen molar-refractivity contribution in [2.75, 3.05) is 36.4 Å². The molecule has 1 saturated carbocycles. The summed E-state index contributed by atoms with van der Waals surface area (Å²) in [6.07, 6.45) is 3.24. The molecule has 2 aliphatic rings. The molecule has 0 aromatic heterocycles. The fraction of sp³-hybridized carbons (Fsp3) is 0.364. The number of carbonyl (C=O) groups is 3. The molecular formula is C33H37F2N5O4. The van der Waals surface area contributed by atoms with Crippen molar-refractivity contribution in [3.8, 4) is 0 Å². The highest BCUT2D eigenvalue weighted by Gasteiger charge is 2.25. The van der Waals surface area contributed by atoms with Crippen molar-refractivity contribution in [3.63, 3.8) is 0 Å². The first kappa shape index (κ1) is 30.9. The predicted molar refractivity (Wildman–Crippen MR) is 163 cm³/mol. The molecule has 1 aliphatic heterocycles. The Hall–Kier alpha value is -4.51. The van der Waals surface area contributed by atoms with Gasteiger partial charge in [0.15, 0.2) is 0 Å². The lowest BCUT2D eigenvalue weighted by molar-refractivity contribution is 0.0765. The quantitative estimate of drug-likeness (QED) is 0.347. The van der Waals surface area contributed by atoms with Gasteiger partial charge in [0.2, 0.25) is 0 Å². The molecule has 44 heavy (non-hydrogen) atoms. The molecule has 0 bridgehead atoms. The Morgan fingerprint density at radius 3 is 2.30 bits per heavy atom. The van der Waals surface area contributed by atoms with Crippen molar-refractivity contribution in [3.05, 3.63) is 95.1 Å². The van der Waals surface area contributed by atoms with E-state index in [4.69, 9.17) is 10.5 Å². The Kier molecular flexibility index (Phi) is 10.1. The summed E-state index contributed by atoms with van der Waals surface area (Å²) in [5.41, 5.74) is 8.24. The van der Waals surface area contributed by atoms with Gasteiger partial charge in [0, 0.05) is 55.5 Å². The summed E-state index contributed by atoms with van der Waals surface area (Å²) < 4.78 is 33.0. The van der Waals surface area contributed by atoms with Crippen LogP contribution in [0.4, 0.5) is 25.0 Å². The van der Waals surface area contributed by atoms with Crippen LogP contribution in [-0.2, 0) is 11.3 Å². The average molecular weight is 606 g/mol. The minimum Gasteiger partial charge on any atom is -0.444 e. The maximum atomic E-state index is 13.8. The van der Waals surface area contributed by atoms with Gasteiger partial charge < -0.3 is 25.6 Å². The molecule has 1 aliphatic carbocycles. The zero-order valence-electron chi connectivity index (χ0n) is 24.4. The molecule has 3 amide bonds. The monoisotopic (exact) mass is 605 g/mol. The van der Waals surface area contributed by atoms with Crippen molar-refractivity contribution < 1.29 is 27.9 Å². The molecule has 1 saturated heterocycles. The fourth-order valence-electron chi connectivity index (χ4n) is 5.68. The van der Waals surface area contributed by atoms with Crippen LogP contribution in [0.2, 0.25) is 0 Å². The molecule has 0 spiro atoms. The molecule has 2 fully saturated rings. The van der Waals surface area contributed by atoms with Crippen LogP contribution in [0.1, 0.15) is 58.4 Å². The Morgan fingerprint density at radius 1 is 0.841 bits per heavy atom. The van der Waals surface area contributed by atoms with E-state index in [1.165, 1.54) is 0 Å². The molecule has 3 aromatic carbocycles. The molecule has 5 rings (SSSR count). The zero-order chi connectivity index (χ0) is 31.1. The van der Waals surface area contributed by atoms with Gasteiger partial charge in [0.05, 0.1) is 11.4 Å². The van der Waals surface area contributed by atoms with Crippen LogP contribution in [0.5, 0.6) is 0 Å². The number of amides is 3. The van der Waals surface area contributed by atoms with Gasteiger partial charge in [-0.25, -0.2) is 13.6 Å². The average Bonchev–Trinajstić information content (AvgIpc) is 3.27. The van der Waals surface area contributed by atoms with E-state index in [2.05, 4.69) is 10.6 Å². The standard InChI is InChI=1S/C33H37F2N5O4/c34-25-17-24(18-26(35)20-25)32(42)40-14-4-13-39(15-16-40)30-12-7-23(31(41)37-28-10-8-27(36)9-11-28)19-29(30)38-33(43)44-21-22-5-2-1-3-6-22/h1-3,5-7,12,17-20,27-28H,4,8-11,13-16,21,36H2,(H,37,41)(H,38,43). The molecule has 0 radical (unpaired) electrons. The number of ether oxygens (including phenoxy) is 1. The van der Waals surface area contributed by atoms with Gasteiger partial charge >= 0.3 is 6.09 Å². The number of anilines is 2. The maximum Gasteiger partial charge on any atom is 0.412 e. The van der Waals surface area contributed by atoms with Crippen molar-refractivity contribution >= 4 is 29.3 Å². The lowest BCUT2D eigenvalue weighted by Gasteiger charge is -2.28. The number of rotatable bonds is 7. The Morgan fingerprint density at radius 2 is 1.57 bits per heavy atom. The number of hydrogen-bond acceptors (Lipinski definition) is 6. The summed E-state index contributed by atoms with van der Waals surface area (Å²) in [5.74, 6) is -2.32. The number of carbonyl (C=O) groups excluding carboxylic acids is 3. The molecule has 3 aromatic rings. The number of nitrogens with two attached hydrogens (primary N) is 1. The SMILES string of the molecule is NC1CCC(NC(=O)c2ccc(N3CCCN(C(=O)c4cc(F)cc(F)c4)CC3)c(NC(=O)OCc3ccccc3)c2)CC1. The summed E-state index contributed by atoms with van der Waals surface area (Å²) in [6, 6.07) is 17.4. The third kappa shape index (κ3) is 8.10. The highest BCUT2D eigenvalue weighted by molar-refractivity contribution is 5.99. The highest BCUT2D eigenvalue weighted by Crippen LogP contribution is 2.29. The van der Waals surface area contributed by atoms with Crippen molar-refractivity contribution in [1.82, 2.24) is 10.2 Å². The van der Waals surface area contributed by atoms with Crippen LogP contribution < -0.4 is 21.3 Å². The van der Waals surface area contributed by atoms with E-state index in [0.717, 1.165) is 49.4 Å². The van der Waals surface area contributed by atoms with E-state index in [0.29, 0.717) is 49.5 Å². The number of hydrogen-bond donors (Lipinski definition) is 3. The number of halogens is 2. The van der Waals surface area contributed by atoms with Crippen LogP contribution in [0.15, 0.2) is 66.7 Å². The van der Waals surface area contributed by atoms with Crippen LogP contribution in [0, 0.1) is 11.6 Å². The Labute approximate surface area is 255 Å². The smallest absolute Gasteiger partial charge is 0.412 e. The van der Waals surface area contributed by atoms with Gasteiger partial charge in [-0.05, 0) is 68.0 Å². The first-order valence-electron chi connectivity index (χ1n) is 14.9. The predicted octanol–water partition coefficient (Wildman–Crippen LogP) is 5.07. The summed E-state index contributed by atoms with van der Waals surface area (Å²) in [7, 11) is 0. The molecule has 1 heterocycles. The molecule has 0 atom stereocenters. The van der Waals surface area contributed by atoms with Gasteiger partial charge in [-0.3, -0.25) is 14.9 Å². The van der Waals surface area contributed by atoms with E-state index >= 15 is 0 Å². The zero-order valence-corrected chi connectivity index (χ0v) is 24.4. The molecule has 232 valence electrons. The third-order valence-corrected chi connectivity index (χ3v) is 8.05. The third-order valence-electron chi connectivity index (χ3n) is 8.05. The molecule has 4 N–H and O–H groups in total. The first-order chi connectivity index (χ1) is 21.2. The minimum absolute atomic E-state index is 0.0370. The summed E-state index contributed by atoms with van der Waals surface area (Å²) >= 11 is 0. The Balaban J connectivity index is 1.32. The largest absolute Gasteiger partial charge is 0.444 e. The van der Waals surface area contributed by atoms with E-state index < -0.39 is 23.6 Å². The molecule has 9 nitrogen and oxygen atoms in total. The van der Waals surface area contributed by atoms with E-state index in [-0.39, 0.29) is 30.2 Å². The summed E-state index contributed by atoms with van der Waals surface area (Å²) in [4.78, 5) is 42.7. The summed E-state index contributed by atoms with van der Waals surface area (Å²) in [5, 5.41) is 5.90. The van der Waals surface area contributed by atoms with E-state index in [1.807, 2.05) is 35.2 Å². The van der Waals surface area contributed by atoms with Gasteiger partial charge in [0.1, 0.15) is 18.2 Å². The van der Waals surface area contributed by atoms with Gasteiger partial charge in [0.25, 0.3) is 11.8 Å². The van der Waals surface area contributed by atoms with Crippen LogP contribution in [0.3, 0.4) is 0 Å². The van der Waals surface area contributed by atoms with Crippen LogP contribution in [0.25, 0.3) is 0 Å². The fourth-order valence-corrected chi connectivity index (χ4v) is 5.68. The Bertz CT molecular complexity index is 1460. The van der Waals surface area contributed by atoms with Crippen LogP contribution in [-0.4, -0.2) is 61.1 Å². The van der Waals surface area contributed by atoms with Crippen molar-refractivity contribution in [1.29, 1.82) is 0 Å². The van der Waals surface area contributed by atoms with Crippen LogP contribution >= 0.6 is 0 Å². The first-order valence-corrected chi connectivity index (χ1v) is 14.9. The summed E-state index contributed by atoms with van der Waals surface area (Å²) in [6.45, 7) is 1.70. The number of nitrogens with one attached hydrogen (secondary N) is 2. The van der Waals surface area contributed by atoms with E-state index in [9.17, 15) is 23.2 Å². The lowest BCUT2D eigenvalue weighted by Crippen LogP contribution is -2.40. The van der Waals surface area contributed by atoms with Gasteiger partial charge in [-0.15, -0.1) is 0 Å². The van der Waals surface area contributed by atoms with Gasteiger partial charge in [-0.1, -0.05) is 30.3 Å². The highest BCUT2D eigenvalue weighted by atomic mass is 19.1.